The van der Waals surface area contributed by atoms with Crippen LogP contribution in [0.25, 0.3) is 0 Å². The van der Waals surface area contributed by atoms with Crippen molar-refractivity contribution in [2.45, 2.75) is 18.6 Å². The number of rotatable bonds is 3. The van der Waals surface area contributed by atoms with Crippen LogP contribution < -0.4 is 0 Å². The first-order chi connectivity index (χ1) is 8.49. The summed E-state index contributed by atoms with van der Waals surface area (Å²) in [7, 11) is 2.83. The predicted octanol–water partition coefficient (Wildman–Crippen LogP) is 2.93. The van der Waals surface area contributed by atoms with Crippen LogP contribution in [0, 0.1) is 6.92 Å². The van der Waals surface area contributed by atoms with Crippen molar-refractivity contribution in [1.82, 2.24) is 0 Å². The van der Waals surface area contributed by atoms with Crippen LogP contribution in [0.4, 0.5) is 0 Å². The molecule has 0 radical (unpaired) electrons. The number of carbonyl (C=O) groups is 1. The molecule has 0 saturated carbocycles. The van der Waals surface area contributed by atoms with E-state index in [2.05, 4.69) is 0 Å². The number of aryl methyl sites for hydroxylation is 1. The minimum atomic E-state index is -1.38. The summed E-state index contributed by atoms with van der Waals surface area (Å²) in [6.45, 7) is 1.75. The first-order valence-electron chi connectivity index (χ1n) is 5.23. The number of ether oxygens (including phenoxy) is 2. The number of furan rings is 1. The molecule has 0 fully saturated rings. The van der Waals surface area contributed by atoms with Gasteiger partial charge in [0.2, 0.25) is 5.79 Å². The Morgan fingerprint density at radius 1 is 1.33 bits per heavy atom. The number of Topliss-reactive ketones (excluding diaryl/α,β-unsaturated/α-hetero) is 1. The lowest BCUT2D eigenvalue weighted by Gasteiger charge is -2.31. The number of halogens is 2. The van der Waals surface area contributed by atoms with Crippen LogP contribution in [-0.2, 0) is 14.3 Å². The monoisotopic (exact) mass is 290 g/mol. The van der Waals surface area contributed by atoms with E-state index < -0.39 is 11.7 Å². The van der Waals surface area contributed by atoms with Crippen molar-refractivity contribution < 1.29 is 18.7 Å². The van der Waals surface area contributed by atoms with E-state index >= 15 is 0 Å². The number of carbonyl (C=O) groups excluding carboxylic acids is 1. The molecule has 1 aromatic heterocycles. The molecule has 18 heavy (non-hydrogen) atoms. The SMILES string of the molecule is COC1(OC)C(Cl)=C(Cl)C(=O)C1c1ccoc1C. The third kappa shape index (κ3) is 1.64. The molecule has 1 atom stereocenters. The minimum Gasteiger partial charge on any atom is -0.469 e. The van der Waals surface area contributed by atoms with Gasteiger partial charge in [0.05, 0.1) is 6.26 Å². The van der Waals surface area contributed by atoms with Gasteiger partial charge < -0.3 is 13.9 Å². The lowest BCUT2D eigenvalue weighted by Crippen LogP contribution is -2.40. The summed E-state index contributed by atoms with van der Waals surface area (Å²) in [5.74, 6) is -1.88. The van der Waals surface area contributed by atoms with Crippen molar-refractivity contribution in [3.63, 3.8) is 0 Å². The van der Waals surface area contributed by atoms with Crippen molar-refractivity contribution >= 4 is 29.0 Å². The highest BCUT2D eigenvalue weighted by Gasteiger charge is 2.56. The Labute approximate surface area is 114 Å². The van der Waals surface area contributed by atoms with Gasteiger partial charge in [0, 0.05) is 19.8 Å². The van der Waals surface area contributed by atoms with Crippen molar-refractivity contribution in [2.24, 2.45) is 0 Å². The molecule has 0 N–H and O–H groups in total. The predicted molar refractivity (Wildman–Crippen MR) is 66.7 cm³/mol. The molecule has 0 amide bonds. The maximum absolute atomic E-state index is 12.2. The van der Waals surface area contributed by atoms with Crippen LogP contribution in [0.5, 0.6) is 0 Å². The fraction of sp³-hybridized carbons (Fsp3) is 0.417. The van der Waals surface area contributed by atoms with Crippen LogP contribution in [0.3, 0.4) is 0 Å². The summed E-state index contributed by atoms with van der Waals surface area (Å²) < 4.78 is 15.9. The zero-order valence-corrected chi connectivity index (χ0v) is 11.6. The van der Waals surface area contributed by atoms with E-state index in [4.69, 9.17) is 37.1 Å². The van der Waals surface area contributed by atoms with E-state index in [1.807, 2.05) is 0 Å². The van der Waals surface area contributed by atoms with Gasteiger partial charge in [0.15, 0.2) is 5.78 Å². The molecule has 2 rings (SSSR count). The second-order valence-corrected chi connectivity index (χ2v) is 4.69. The lowest BCUT2D eigenvalue weighted by atomic mass is 9.91. The Morgan fingerprint density at radius 3 is 2.39 bits per heavy atom. The fourth-order valence-corrected chi connectivity index (χ4v) is 2.82. The molecule has 98 valence electrons. The van der Waals surface area contributed by atoms with Crippen LogP contribution in [0.15, 0.2) is 26.8 Å². The van der Waals surface area contributed by atoms with Gasteiger partial charge in [-0.15, -0.1) is 0 Å². The third-order valence-electron chi connectivity index (χ3n) is 3.17. The molecule has 0 aromatic carbocycles. The molecule has 1 aliphatic carbocycles. The van der Waals surface area contributed by atoms with E-state index in [1.165, 1.54) is 20.5 Å². The third-order valence-corrected chi connectivity index (χ3v) is 4.10. The maximum atomic E-state index is 12.2. The van der Waals surface area contributed by atoms with Gasteiger partial charge in [0.1, 0.15) is 21.7 Å². The highest BCUT2D eigenvalue weighted by atomic mass is 35.5. The standard InChI is InChI=1S/C12H12Cl2O4/c1-6-7(4-5-18-6)8-10(15)9(13)11(14)12(8,16-2)17-3/h4-5,8H,1-3H3. The molecule has 0 aliphatic heterocycles. The van der Waals surface area contributed by atoms with Gasteiger partial charge in [-0.05, 0) is 13.0 Å². The highest BCUT2D eigenvalue weighted by molar-refractivity contribution is 6.51. The van der Waals surface area contributed by atoms with E-state index in [9.17, 15) is 4.79 Å². The number of hydrogen-bond acceptors (Lipinski definition) is 4. The summed E-state index contributed by atoms with van der Waals surface area (Å²) in [6.07, 6.45) is 1.49. The average molecular weight is 291 g/mol. The zero-order chi connectivity index (χ0) is 13.5. The normalized spacial score (nSPS) is 22.9. The van der Waals surface area contributed by atoms with Crippen molar-refractivity contribution in [1.29, 1.82) is 0 Å². The van der Waals surface area contributed by atoms with Crippen LogP contribution in [0.2, 0.25) is 0 Å². The smallest absolute Gasteiger partial charge is 0.221 e. The van der Waals surface area contributed by atoms with Crippen LogP contribution >= 0.6 is 23.2 Å². The fourth-order valence-electron chi connectivity index (χ4n) is 2.23. The molecule has 1 unspecified atom stereocenters. The van der Waals surface area contributed by atoms with Gasteiger partial charge in [-0.1, -0.05) is 23.2 Å². The first-order valence-corrected chi connectivity index (χ1v) is 5.99. The largest absolute Gasteiger partial charge is 0.469 e. The number of hydrogen-bond donors (Lipinski definition) is 0. The van der Waals surface area contributed by atoms with E-state index in [0.29, 0.717) is 11.3 Å². The van der Waals surface area contributed by atoms with E-state index in [1.54, 1.807) is 13.0 Å². The molecular formula is C12H12Cl2O4. The Hall–Kier alpha value is -0.810. The average Bonchev–Trinajstić information content (AvgIpc) is 2.86. The number of allylic oxidation sites excluding steroid dienone is 1. The summed E-state index contributed by atoms with van der Waals surface area (Å²) >= 11 is 12.0. The Balaban J connectivity index is 2.60. The van der Waals surface area contributed by atoms with Crippen molar-refractivity contribution in [3.05, 3.63) is 33.7 Å². The zero-order valence-electron chi connectivity index (χ0n) is 10.1. The molecule has 1 heterocycles. The van der Waals surface area contributed by atoms with Crippen molar-refractivity contribution in [2.75, 3.05) is 14.2 Å². The Bertz CT molecular complexity index is 514. The molecule has 0 saturated heterocycles. The Morgan fingerprint density at radius 2 is 1.94 bits per heavy atom. The van der Waals surface area contributed by atoms with Crippen LogP contribution in [0.1, 0.15) is 17.2 Å². The molecule has 4 nitrogen and oxygen atoms in total. The second-order valence-electron chi connectivity index (χ2n) is 3.93. The quantitative estimate of drug-likeness (QED) is 0.803. The molecule has 1 aliphatic rings. The minimum absolute atomic E-state index is 0.0600. The first kappa shape index (κ1) is 13.6. The van der Waals surface area contributed by atoms with Crippen molar-refractivity contribution in [3.8, 4) is 0 Å². The summed E-state index contributed by atoms with van der Waals surface area (Å²) in [4.78, 5) is 12.2. The topological polar surface area (TPSA) is 48.7 Å². The van der Waals surface area contributed by atoms with Gasteiger partial charge in [-0.2, -0.15) is 0 Å². The summed E-state index contributed by atoms with van der Waals surface area (Å²) in [6, 6.07) is 1.68. The van der Waals surface area contributed by atoms with Gasteiger partial charge in [-0.3, -0.25) is 4.79 Å². The molecule has 0 bridgehead atoms. The lowest BCUT2D eigenvalue weighted by molar-refractivity contribution is -0.185. The highest BCUT2D eigenvalue weighted by Crippen LogP contribution is 2.50. The molecular weight excluding hydrogens is 279 g/mol. The van der Waals surface area contributed by atoms with E-state index in [-0.39, 0.29) is 15.8 Å². The van der Waals surface area contributed by atoms with Crippen LogP contribution in [-0.4, -0.2) is 25.8 Å². The maximum Gasteiger partial charge on any atom is 0.221 e. The Kier molecular flexibility index (Phi) is 3.56. The second kappa shape index (κ2) is 4.70. The van der Waals surface area contributed by atoms with Gasteiger partial charge in [0.25, 0.3) is 0 Å². The summed E-state index contributed by atoms with van der Waals surface area (Å²) in [5.41, 5.74) is 0.650. The summed E-state index contributed by atoms with van der Waals surface area (Å²) in [5, 5.41) is -0.00395. The molecule has 1 aromatic rings. The van der Waals surface area contributed by atoms with Gasteiger partial charge in [-0.25, -0.2) is 0 Å². The molecule has 0 spiro atoms. The number of ketones is 1. The van der Waals surface area contributed by atoms with E-state index in [0.717, 1.165) is 0 Å². The number of methoxy groups -OCH3 is 2. The molecule has 6 heteroatoms. The van der Waals surface area contributed by atoms with Gasteiger partial charge >= 0.3 is 0 Å².